The summed E-state index contributed by atoms with van der Waals surface area (Å²) in [6.45, 7) is 1.97. The van der Waals surface area contributed by atoms with Crippen molar-refractivity contribution in [2.75, 3.05) is 0 Å². The summed E-state index contributed by atoms with van der Waals surface area (Å²) in [5.41, 5.74) is 1.04. The largest absolute Gasteiger partial charge is 0.481 e. The average Bonchev–Trinajstić information content (AvgIpc) is 3.28. The van der Waals surface area contributed by atoms with E-state index in [2.05, 4.69) is 30.3 Å². The van der Waals surface area contributed by atoms with Crippen molar-refractivity contribution in [1.82, 2.24) is 0 Å². The number of benzene rings is 1. The molecule has 5 heteroatoms. The van der Waals surface area contributed by atoms with E-state index in [1.165, 1.54) is 15.0 Å². The summed E-state index contributed by atoms with van der Waals surface area (Å²) in [5.74, 6) is -0.764. The second-order valence-electron chi connectivity index (χ2n) is 8.51. The zero-order valence-electron chi connectivity index (χ0n) is 18.6. The molecule has 1 aliphatic rings. The summed E-state index contributed by atoms with van der Waals surface area (Å²) in [5, 5.41) is 20.4. The Bertz CT molecular complexity index is 981. The van der Waals surface area contributed by atoms with Gasteiger partial charge < -0.3 is 10.2 Å². The minimum absolute atomic E-state index is 0.0171. The Hall–Kier alpha value is -2.50. The van der Waals surface area contributed by atoms with Crippen molar-refractivity contribution in [1.29, 1.82) is 0 Å². The van der Waals surface area contributed by atoms with Crippen LogP contribution in [0.4, 0.5) is 0 Å². The molecule has 0 aliphatic heterocycles. The van der Waals surface area contributed by atoms with Crippen LogP contribution in [-0.2, 0) is 16.0 Å². The van der Waals surface area contributed by atoms with Crippen LogP contribution in [0.15, 0.2) is 66.3 Å². The third-order valence-electron chi connectivity index (χ3n) is 5.95. The SMILES string of the molecule is CC1=CC(=O)[C@H](CC=CCCCC(=O)O)[C@H]1C=CC(O)CCCc1cc2ccccc2s1. The standard InChI is InChI=1S/C27H32O4S/c1-19-17-25(29)24(12-4-2-3-5-14-27(30)31)23(19)16-15-21(28)10-8-11-22-18-20-9-6-7-13-26(20)32-22/h2,4,6-7,9,13,15-18,21,23-24,28H,3,5,8,10-12,14H2,1H3,(H,30,31)/t21?,23-,24+/m0/s1. The third kappa shape index (κ3) is 7.01. The van der Waals surface area contributed by atoms with Crippen molar-refractivity contribution in [2.45, 2.75) is 58.0 Å². The third-order valence-corrected chi connectivity index (χ3v) is 7.13. The lowest BCUT2D eigenvalue weighted by molar-refractivity contribution is -0.137. The molecule has 0 saturated carbocycles. The molecule has 1 aromatic carbocycles. The number of hydrogen-bond acceptors (Lipinski definition) is 4. The first-order chi connectivity index (χ1) is 15.4. The highest BCUT2D eigenvalue weighted by atomic mass is 32.1. The highest BCUT2D eigenvalue weighted by molar-refractivity contribution is 7.19. The number of aliphatic carboxylic acids is 1. The van der Waals surface area contributed by atoms with E-state index < -0.39 is 12.1 Å². The Balaban J connectivity index is 1.45. The summed E-state index contributed by atoms with van der Waals surface area (Å²) >= 11 is 1.82. The van der Waals surface area contributed by atoms with Crippen molar-refractivity contribution < 1.29 is 19.8 Å². The number of aryl methyl sites for hydroxylation is 1. The predicted octanol–water partition coefficient (Wildman–Crippen LogP) is 6.10. The summed E-state index contributed by atoms with van der Waals surface area (Å²) in [6, 6.07) is 10.6. The van der Waals surface area contributed by atoms with Crippen molar-refractivity contribution in [3.8, 4) is 0 Å². The smallest absolute Gasteiger partial charge is 0.303 e. The summed E-state index contributed by atoms with van der Waals surface area (Å²) in [6.07, 6.45) is 13.7. The summed E-state index contributed by atoms with van der Waals surface area (Å²) in [4.78, 5) is 24.3. The Morgan fingerprint density at radius 3 is 2.81 bits per heavy atom. The lowest BCUT2D eigenvalue weighted by Gasteiger charge is -2.16. The topological polar surface area (TPSA) is 74.6 Å². The van der Waals surface area contributed by atoms with Gasteiger partial charge in [-0.15, -0.1) is 11.3 Å². The lowest BCUT2D eigenvalue weighted by Crippen LogP contribution is -2.15. The molecular weight excluding hydrogens is 420 g/mol. The number of hydrogen-bond donors (Lipinski definition) is 2. The van der Waals surface area contributed by atoms with Gasteiger partial charge in [-0.05, 0) is 69.0 Å². The van der Waals surface area contributed by atoms with Crippen LogP contribution >= 0.6 is 11.3 Å². The van der Waals surface area contributed by atoms with E-state index in [1.54, 1.807) is 6.08 Å². The lowest BCUT2D eigenvalue weighted by atomic mass is 9.87. The average molecular weight is 453 g/mol. The number of carboxylic acids is 1. The van der Waals surface area contributed by atoms with Crippen LogP contribution in [0.1, 0.15) is 50.3 Å². The molecule has 2 aromatic rings. The number of ketones is 1. The molecule has 2 N–H and O–H groups in total. The number of carboxylic acid groups (broad SMARTS) is 1. The van der Waals surface area contributed by atoms with Gasteiger partial charge in [0.1, 0.15) is 0 Å². The van der Waals surface area contributed by atoms with E-state index in [4.69, 9.17) is 5.11 Å². The second kappa shape index (κ2) is 11.9. The zero-order valence-corrected chi connectivity index (χ0v) is 19.4. The first-order valence-corrected chi connectivity index (χ1v) is 12.2. The van der Waals surface area contributed by atoms with E-state index in [0.29, 0.717) is 25.7 Å². The molecule has 3 rings (SSSR count). The van der Waals surface area contributed by atoms with Crippen molar-refractivity contribution in [3.63, 3.8) is 0 Å². The molecule has 32 heavy (non-hydrogen) atoms. The van der Waals surface area contributed by atoms with E-state index in [0.717, 1.165) is 18.4 Å². The number of carbonyl (C=O) groups excluding carboxylic acids is 1. The van der Waals surface area contributed by atoms with Gasteiger partial charge in [0.15, 0.2) is 5.78 Å². The highest BCUT2D eigenvalue weighted by Gasteiger charge is 2.31. The van der Waals surface area contributed by atoms with Gasteiger partial charge in [0.2, 0.25) is 0 Å². The van der Waals surface area contributed by atoms with Crippen molar-refractivity contribution in [2.24, 2.45) is 11.8 Å². The first-order valence-electron chi connectivity index (χ1n) is 11.4. The second-order valence-corrected chi connectivity index (χ2v) is 9.68. The molecule has 1 heterocycles. The van der Waals surface area contributed by atoms with Crippen LogP contribution in [0.2, 0.25) is 0 Å². The van der Waals surface area contributed by atoms with Crippen molar-refractivity contribution >= 4 is 33.2 Å². The number of fused-ring (bicyclic) bond motifs is 1. The minimum Gasteiger partial charge on any atom is -0.481 e. The molecule has 3 atom stereocenters. The Morgan fingerprint density at radius 1 is 1.22 bits per heavy atom. The molecule has 4 nitrogen and oxygen atoms in total. The van der Waals surface area contributed by atoms with Crippen LogP contribution in [0.3, 0.4) is 0 Å². The van der Waals surface area contributed by atoms with Crippen LogP contribution in [-0.4, -0.2) is 28.1 Å². The Labute approximate surface area is 194 Å². The van der Waals surface area contributed by atoms with Gasteiger partial charge in [0.25, 0.3) is 0 Å². The highest BCUT2D eigenvalue weighted by Crippen LogP contribution is 2.33. The van der Waals surface area contributed by atoms with Crippen LogP contribution in [0, 0.1) is 11.8 Å². The van der Waals surface area contributed by atoms with Crippen LogP contribution < -0.4 is 0 Å². The van der Waals surface area contributed by atoms with Gasteiger partial charge in [-0.25, -0.2) is 0 Å². The van der Waals surface area contributed by atoms with E-state index in [1.807, 2.05) is 42.6 Å². The normalized spacial score (nSPS) is 19.9. The van der Waals surface area contributed by atoms with Crippen LogP contribution in [0.5, 0.6) is 0 Å². The molecule has 1 unspecified atom stereocenters. The number of carbonyl (C=O) groups is 2. The molecule has 1 aliphatic carbocycles. The molecule has 0 bridgehead atoms. The quantitative estimate of drug-likeness (QED) is 0.301. The maximum atomic E-state index is 12.4. The van der Waals surface area contributed by atoms with Crippen LogP contribution in [0.25, 0.3) is 10.1 Å². The molecule has 0 amide bonds. The van der Waals surface area contributed by atoms with E-state index in [-0.39, 0.29) is 24.0 Å². The molecular formula is C27H32O4S. The summed E-state index contributed by atoms with van der Waals surface area (Å²) in [7, 11) is 0. The molecule has 0 saturated heterocycles. The van der Waals surface area contributed by atoms with E-state index in [9.17, 15) is 14.7 Å². The molecule has 170 valence electrons. The van der Waals surface area contributed by atoms with Gasteiger partial charge in [-0.3, -0.25) is 9.59 Å². The minimum atomic E-state index is -0.781. The fourth-order valence-electron chi connectivity index (χ4n) is 4.19. The van der Waals surface area contributed by atoms with Gasteiger partial charge in [0.05, 0.1) is 6.10 Å². The summed E-state index contributed by atoms with van der Waals surface area (Å²) < 4.78 is 1.30. The van der Waals surface area contributed by atoms with Gasteiger partial charge in [0, 0.05) is 27.8 Å². The number of rotatable bonds is 12. The van der Waals surface area contributed by atoms with Gasteiger partial charge >= 0.3 is 5.97 Å². The Kier molecular flexibility index (Phi) is 9.00. The predicted molar refractivity (Wildman–Crippen MR) is 131 cm³/mol. The maximum Gasteiger partial charge on any atom is 0.303 e. The van der Waals surface area contributed by atoms with Crippen molar-refractivity contribution in [3.05, 3.63) is 71.2 Å². The fraction of sp³-hybridized carbons (Fsp3) is 0.407. The number of unbranched alkanes of at least 4 members (excludes halogenated alkanes) is 1. The zero-order chi connectivity index (χ0) is 22.9. The number of allylic oxidation sites excluding steroid dienone is 5. The molecule has 0 spiro atoms. The number of aliphatic hydroxyl groups excluding tert-OH is 1. The maximum absolute atomic E-state index is 12.4. The Morgan fingerprint density at radius 2 is 2.03 bits per heavy atom. The van der Waals surface area contributed by atoms with E-state index >= 15 is 0 Å². The molecule has 0 radical (unpaired) electrons. The van der Waals surface area contributed by atoms with Gasteiger partial charge in [-0.2, -0.15) is 0 Å². The molecule has 0 fully saturated rings. The molecule has 1 aromatic heterocycles. The first kappa shape index (κ1) is 24.1. The fourth-order valence-corrected chi connectivity index (χ4v) is 5.30. The van der Waals surface area contributed by atoms with Gasteiger partial charge in [-0.1, -0.05) is 48.1 Å². The monoisotopic (exact) mass is 452 g/mol. The number of thiophene rings is 1. The number of aliphatic hydroxyl groups is 1.